The van der Waals surface area contributed by atoms with Gasteiger partial charge in [0.1, 0.15) is 0 Å². The molecule has 3 N–H and O–H groups in total. The molecule has 0 aromatic carbocycles. The predicted molar refractivity (Wildman–Crippen MR) is 55.3 cm³/mol. The number of nitrogens with one attached hydrogen (secondary N) is 1. The van der Waals surface area contributed by atoms with Crippen molar-refractivity contribution in [3.63, 3.8) is 0 Å². The Morgan fingerprint density at radius 3 is 2.56 bits per heavy atom. The molecule has 1 rings (SSSR count). The summed E-state index contributed by atoms with van der Waals surface area (Å²) in [5, 5.41) is 2.68. The van der Waals surface area contributed by atoms with Crippen LogP contribution in [0.5, 0.6) is 0 Å². The number of rotatable bonds is 4. The van der Waals surface area contributed by atoms with Crippen LogP contribution in [0.4, 0.5) is 4.79 Å². The van der Waals surface area contributed by atoms with Crippen LogP contribution >= 0.6 is 0 Å². The topological polar surface area (TPSA) is 85.3 Å². The fourth-order valence-electron chi connectivity index (χ4n) is 1.10. The zero-order valence-corrected chi connectivity index (χ0v) is 8.97. The van der Waals surface area contributed by atoms with Gasteiger partial charge in [0.2, 0.25) is 0 Å². The number of ether oxygens (including phenoxy) is 1. The van der Waals surface area contributed by atoms with E-state index in [9.17, 15) is 9.59 Å². The van der Waals surface area contributed by atoms with Gasteiger partial charge in [0.15, 0.2) is 12.4 Å². The molecule has 0 spiro atoms. The Morgan fingerprint density at radius 1 is 1.44 bits per heavy atom. The molecule has 86 valence electrons. The van der Waals surface area contributed by atoms with Crippen LogP contribution in [-0.4, -0.2) is 18.5 Å². The lowest BCUT2D eigenvalue weighted by Crippen LogP contribution is -2.37. The Balaban J connectivity index is 2.60. The predicted octanol–water partition coefficient (Wildman–Crippen LogP) is -0.223. The standard InChI is InChI=1S/C10H13N3O3/c1-2-12-9(14)8-3-5-13(6-4-8)7-16-10(11)15/h3-6H,2,7H2,1H3,(H2-,11,12,14,15)/p+1. The molecular formula is C10H14N3O3+. The number of nitrogens with zero attached hydrogens (tertiary/aromatic N) is 1. The van der Waals surface area contributed by atoms with Gasteiger partial charge in [-0.2, -0.15) is 4.57 Å². The van der Waals surface area contributed by atoms with Crippen LogP contribution in [0.1, 0.15) is 17.3 Å². The number of primary amides is 1. The normalized spacial score (nSPS) is 9.56. The highest BCUT2D eigenvalue weighted by Gasteiger charge is 2.07. The highest BCUT2D eigenvalue weighted by Crippen LogP contribution is 1.94. The molecular weight excluding hydrogens is 210 g/mol. The minimum Gasteiger partial charge on any atom is -0.389 e. The minimum absolute atomic E-state index is 0.0327. The van der Waals surface area contributed by atoms with Crippen molar-refractivity contribution in [2.45, 2.75) is 13.7 Å². The molecule has 0 atom stereocenters. The fourth-order valence-corrected chi connectivity index (χ4v) is 1.10. The van der Waals surface area contributed by atoms with Gasteiger partial charge in [0, 0.05) is 18.7 Å². The van der Waals surface area contributed by atoms with Crippen LogP contribution < -0.4 is 15.6 Å². The zero-order valence-electron chi connectivity index (χ0n) is 8.97. The van der Waals surface area contributed by atoms with Gasteiger partial charge in [-0.05, 0) is 6.92 Å². The van der Waals surface area contributed by atoms with E-state index >= 15 is 0 Å². The summed E-state index contributed by atoms with van der Waals surface area (Å²) < 4.78 is 6.17. The van der Waals surface area contributed by atoms with Crippen molar-refractivity contribution in [3.8, 4) is 0 Å². The third kappa shape index (κ3) is 3.56. The smallest absolute Gasteiger partial charge is 0.389 e. The summed E-state index contributed by atoms with van der Waals surface area (Å²) in [6, 6.07) is 3.27. The Morgan fingerprint density at radius 2 is 2.06 bits per heavy atom. The van der Waals surface area contributed by atoms with Crippen molar-refractivity contribution in [1.29, 1.82) is 0 Å². The van der Waals surface area contributed by atoms with Gasteiger partial charge in [0.25, 0.3) is 12.6 Å². The Hall–Kier alpha value is -2.11. The summed E-state index contributed by atoms with van der Waals surface area (Å²) in [5.74, 6) is -0.134. The molecule has 16 heavy (non-hydrogen) atoms. The summed E-state index contributed by atoms with van der Waals surface area (Å²) in [7, 11) is 0. The van der Waals surface area contributed by atoms with E-state index in [4.69, 9.17) is 5.73 Å². The molecule has 6 heteroatoms. The molecule has 1 heterocycles. The molecule has 6 nitrogen and oxygen atoms in total. The molecule has 0 saturated heterocycles. The number of nitrogens with two attached hydrogens (primary N) is 1. The van der Waals surface area contributed by atoms with Crippen LogP contribution in [0.25, 0.3) is 0 Å². The van der Waals surface area contributed by atoms with E-state index in [1.54, 1.807) is 29.1 Å². The summed E-state index contributed by atoms with van der Waals surface area (Å²) in [6.07, 6.45) is 2.43. The Kier molecular flexibility index (Phi) is 4.26. The first-order valence-electron chi connectivity index (χ1n) is 4.83. The molecule has 0 saturated carbocycles. The second kappa shape index (κ2) is 5.69. The largest absolute Gasteiger partial charge is 0.409 e. The first kappa shape index (κ1) is 12.0. The quantitative estimate of drug-likeness (QED) is 0.693. The molecule has 0 aliphatic rings. The van der Waals surface area contributed by atoms with E-state index in [0.717, 1.165) is 0 Å². The second-order valence-corrected chi connectivity index (χ2v) is 3.05. The average molecular weight is 224 g/mol. The molecule has 0 unspecified atom stereocenters. The fraction of sp³-hybridized carbons (Fsp3) is 0.300. The SMILES string of the molecule is CCNC(=O)c1cc[n+](COC(N)=O)cc1. The number of carbonyl (C=O) groups is 2. The van der Waals surface area contributed by atoms with Crippen LogP contribution in [0.2, 0.25) is 0 Å². The molecule has 0 aliphatic heterocycles. The lowest BCUT2D eigenvalue weighted by Gasteiger charge is -2.01. The summed E-state index contributed by atoms with van der Waals surface area (Å²) in [5.41, 5.74) is 5.37. The lowest BCUT2D eigenvalue weighted by atomic mass is 10.2. The molecule has 0 bridgehead atoms. The number of hydrogen-bond donors (Lipinski definition) is 2. The third-order valence-corrected chi connectivity index (χ3v) is 1.85. The van der Waals surface area contributed by atoms with Crippen molar-refractivity contribution in [2.24, 2.45) is 5.73 Å². The maximum atomic E-state index is 11.4. The van der Waals surface area contributed by atoms with Crippen molar-refractivity contribution in [2.75, 3.05) is 6.54 Å². The highest BCUT2D eigenvalue weighted by atomic mass is 16.6. The highest BCUT2D eigenvalue weighted by molar-refractivity contribution is 5.93. The van der Waals surface area contributed by atoms with Crippen LogP contribution in [0.15, 0.2) is 24.5 Å². The van der Waals surface area contributed by atoms with Crippen LogP contribution in [-0.2, 0) is 11.5 Å². The molecule has 0 aliphatic carbocycles. The van der Waals surface area contributed by atoms with Crippen molar-refractivity contribution in [1.82, 2.24) is 5.32 Å². The zero-order chi connectivity index (χ0) is 12.0. The van der Waals surface area contributed by atoms with Gasteiger partial charge >= 0.3 is 6.09 Å². The van der Waals surface area contributed by atoms with Gasteiger partial charge in [0.05, 0.1) is 5.56 Å². The molecule has 1 aromatic heterocycles. The van der Waals surface area contributed by atoms with Crippen LogP contribution in [0.3, 0.4) is 0 Å². The van der Waals surface area contributed by atoms with Crippen LogP contribution in [0, 0.1) is 0 Å². The summed E-state index contributed by atoms with van der Waals surface area (Å²) in [4.78, 5) is 21.8. The van der Waals surface area contributed by atoms with E-state index in [1.807, 2.05) is 6.92 Å². The van der Waals surface area contributed by atoms with Crippen molar-refractivity contribution < 1.29 is 18.9 Å². The van der Waals surface area contributed by atoms with Gasteiger partial charge in [-0.3, -0.25) is 4.79 Å². The Bertz CT molecular complexity index is 375. The molecule has 0 radical (unpaired) electrons. The monoisotopic (exact) mass is 224 g/mol. The third-order valence-electron chi connectivity index (χ3n) is 1.85. The molecule has 1 aromatic rings. The number of carbonyl (C=O) groups excluding carboxylic acids is 2. The summed E-state index contributed by atoms with van der Waals surface area (Å²) in [6.45, 7) is 2.46. The van der Waals surface area contributed by atoms with E-state index in [-0.39, 0.29) is 12.6 Å². The van der Waals surface area contributed by atoms with Gasteiger partial charge < -0.3 is 15.8 Å². The van der Waals surface area contributed by atoms with E-state index < -0.39 is 6.09 Å². The van der Waals surface area contributed by atoms with Gasteiger partial charge in [-0.25, -0.2) is 4.79 Å². The van der Waals surface area contributed by atoms with Gasteiger partial charge in [-0.1, -0.05) is 0 Å². The summed E-state index contributed by atoms with van der Waals surface area (Å²) >= 11 is 0. The molecule has 0 fully saturated rings. The molecule has 2 amide bonds. The number of amides is 2. The number of hydrogen-bond acceptors (Lipinski definition) is 3. The van der Waals surface area contributed by atoms with E-state index in [2.05, 4.69) is 10.1 Å². The van der Waals surface area contributed by atoms with E-state index in [0.29, 0.717) is 12.1 Å². The minimum atomic E-state index is -0.833. The number of aromatic nitrogens is 1. The maximum Gasteiger partial charge on any atom is 0.409 e. The lowest BCUT2D eigenvalue weighted by molar-refractivity contribution is -0.727. The first-order chi connectivity index (χ1) is 7.63. The first-order valence-corrected chi connectivity index (χ1v) is 4.83. The number of pyridine rings is 1. The van der Waals surface area contributed by atoms with Crippen molar-refractivity contribution >= 4 is 12.0 Å². The van der Waals surface area contributed by atoms with Gasteiger partial charge in [-0.15, -0.1) is 0 Å². The average Bonchev–Trinajstić information content (AvgIpc) is 2.27. The van der Waals surface area contributed by atoms with Crippen molar-refractivity contribution in [3.05, 3.63) is 30.1 Å². The Labute approximate surface area is 93.0 Å². The van der Waals surface area contributed by atoms with E-state index in [1.165, 1.54) is 0 Å². The maximum absolute atomic E-state index is 11.4. The second-order valence-electron chi connectivity index (χ2n) is 3.05.